The third-order valence-corrected chi connectivity index (χ3v) is 4.32. The highest BCUT2D eigenvalue weighted by Gasteiger charge is 2.35. The van der Waals surface area contributed by atoms with Crippen LogP contribution >= 0.6 is 0 Å². The van der Waals surface area contributed by atoms with E-state index >= 15 is 0 Å². The van der Waals surface area contributed by atoms with Crippen LogP contribution in [0.2, 0.25) is 0 Å². The molecular formula is C15H23N3O3. The monoisotopic (exact) mass is 293 g/mol. The molecule has 0 unspecified atom stereocenters. The zero-order valence-corrected chi connectivity index (χ0v) is 12.7. The number of aliphatic carboxylic acids is 1. The maximum atomic E-state index is 12.2. The standard InChI is InChI=1S/C15H23N3O3/c1-11-12(9-18(2)17-11)14(21)16-10-15(8-13(19)20)6-4-3-5-7-15/h9H,3-8,10H2,1-2H3,(H,16,21)(H,19,20). The van der Waals surface area contributed by atoms with Crippen LogP contribution in [0.15, 0.2) is 6.20 Å². The van der Waals surface area contributed by atoms with Gasteiger partial charge in [-0.1, -0.05) is 19.3 Å². The summed E-state index contributed by atoms with van der Waals surface area (Å²) < 4.78 is 1.61. The van der Waals surface area contributed by atoms with E-state index < -0.39 is 5.97 Å². The molecule has 0 saturated heterocycles. The highest BCUT2D eigenvalue weighted by molar-refractivity contribution is 5.95. The molecule has 6 nitrogen and oxygen atoms in total. The molecule has 0 spiro atoms. The Morgan fingerprint density at radius 3 is 2.57 bits per heavy atom. The molecular weight excluding hydrogens is 270 g/mol. The van der Waals surface area contributed by atoms with Crippen molar-refractivity contribution in [3.05, 3.63) is 17.5 Å². The Morgan fingerprint density at radius 2 is 2.05 bits per heavy atom. The summed E-state index contributed by atoms with van der Waals surface area (Å²) in [6.07, 6.45) is 6.77. The first-order valence-electron chi connectivity index (χ1n) is 7.42. The Morgan fingerprint density at radius 1 is 1.38 bits per heavy atom. The minimum atomic E-state index is -0.788. The molecule has 2 rings (SSSR count). The fourth-order valence-electron chi connectivity index (χ4n) is 3.22. The lowest BCUT2D eigenvalue weighted by atomic mass is 9.71. The fraction of sp³-hybridized carbons (Fsp3) is 0.667. The molecule has 0 aliphatic heterocycles. The van der Waals surface area contributed by atoms with Crippen LogP contribution in [0.1, 0.15) is 54.6 Å². The van der Waals surface area contributed by atoms with E-state index in [1.165, 1.54) is 0 Å². The smallest absolute Gasteiger partial charge is 0.303 e. The van der Waals surface area contributed by atoms with Gasteiger partial charge in [0.1, 0.15) is 0 Å². The normalized spacial score (nSPS) is 17.4. The maximum absolute atomic E-state index is 12.2. The van der Waals surface area contributed by atoms with Gasteiger partial charge in [0.25, 0.3) is 5.91 Å². The molecule has 1 fully saturated rings. The Kier molecular flexibility index (Phi) is 4.65. The van der Waals surface area contributed by atoms with Crippen molar-refractivity contribution in [2.24, 2.45) is 12.5 Å². The molecule has 0 atom stereocenters. The predicted octanol–water partition coefficient (Wildman–Crippen LogP) is 1.88. The van der Waals surface area contributed by atoms with Gasteiger partial charge >= 0.3 is 5.97 Å². The highest BCUT2D eigenvalue weighted by atomic mass is 16.4. The number of hydrogen-bond acceptors (Lipinski definition) is 3. The molecule has 1 aliphatic carbocycles. The van der Waals surface area contributed by atoms with Crippen LogP contribution in [0.5, 0.6) is 0 Å². The van der Waals surface area contributed by atoms with Gasteiger partial charge in [0.05, 0.1) is 17.7 Å². The van der Waals surface area contributed by atoms with Crippen LogP contribution in [-0.4, -0.2) is 33.3 Å². The number of carbonyl (C=O) groups excluding carboxylic acids is 1. The summed E-state index contributed by atoms with van der Waals surface area (Å²) >= 11 is 0. The van der Waals surface area contributed by atoms with Crippen LogP contribution in [0.3, 0.4) is 0 Å². The molecule has 0 bridgehead atoms. The largest absolute Gasteiger partial charge is 0.481 e. The first-order chi connectivity index (χ1) is 9.92. The molecule has 1 aromatic rings. The van der Waals surface area contributed by atoms with Crippen molar-refractivity contribution in [3.8, 4) is 0 Å². The van der Waals surface area contributed by atoms with Gasteiger partial charge in [0.2, 0.25) is 0 Å². The molecule has 6 heteroatoms. The topological polar surface area (TPSA) is 84.2 Å². The number of hydrogen-bond donors (Lipinski definition) is 2. The molecule has 1 aromatic heterocycles. The van der Waals surface area contributed by atoms with Gasteiger partial charge in [0.15, 0.2) is 0 Å². The SMILES string of the molecule is Cc1nn(C)cc1C(=O)NCC1(CC(=O)O)CCCCC1. The number of carboxylic acids is 1. The second kappa shape index (κ2) is 6.28. The fourth-order valence-corrected chi connectivity index (χ4v) is 3.22. The number of carbonyl (C=O) groups is 2. The number of rotatable bonds is 5. The lowest BCUT2D eigenvalue weighted by Crippen LogP contribution is -2.40. The van der Waals surface area contributed by atoms with Crippen molar-refractivity contribution < 1.29 is 14.7 Å². The Bertz CT molecular complexity index is 530. The van der Waals surface area contributed by atoms with Gasteiger partial charge in [0, 0.05) is 19.8 Å². The number of carboxylic acid groups (broad SMARTS) is 1. The first kappa shape index (κ1) is 15.5. The number of amides is 1. The third-order valence-electron chi connectivity index (χ3n) is 4.32. The van der Waals surface area contributed by atoms with Gasteiger partial charge in [-0.05, 0) is 25.2 Å². The number of aryl methyl sites for hydroxylation is 2. The Labute approximate surface area is 124 Å². The lowest BCUT2D eigenvalue weighted by Gasteiger charge is -2.36. The van der Waals surface area contributed by atoms with E-state index in [4.69, 9.17) is 5.11 Å². The van der Waals surface area contributed by atoms with Crippen molar-refractivity contribution in [1.29, 1.82) is 0 Å². The summed E-state index contributed by atoms with van der Waals surface area (Å²) in [4.78, 5) is 23.4. The summed E-state index contributed by atoms with van der Waals surface area (Å²) in [5, 5.41) is 16.2. The lowest BCUT2D eigenvalue weighted by molar-refractivity contribution is -0.140. The number of aromatic nitrogens is 2. The second-order valence-electron chi connectivity index (χ2n) is 6.12. The van der Waals surface area contributed by atoms with Crippen molar-refractivity contribution in [2.75, 3.05) is 6.54 Å². The molecule has 2 N–H and O–H groups in total. The van der Waals surface area contributed by atoms with Crippen LogP contribution in [0.25, 0.3) is 0 Å². The molecule has 0 radical (unpaired) electrons. The average Bonchev–Trinajstić information content (AvgIpc) is 2.75. The second-order valence-corrected chi connectivity index (χ2v) is 6.12. The van der Waals surface area contributed by atoms with Crippen LogP contribution in [-0.2, 0) is 11.8 Å². The zero-order chi connectivity index (χ0) is 15.5. The summed E-state index contributed by atoms with van der Waals surface area (Å²) in [6, 6.07) is 0. The minimum Gasteiger partial charge on any atom is -0.481 e. The van der Waals surface area contributed by atoms with Crippen molar-refractivity contribution in [3.63, 3.8) is 0 Å². The summed E-state index contributed by atoms with van der Waals surface area (Å²) in [7, 11) is 1.77. The molecule has 0 aromatic carbocycles. The maximum Gasteiger partial charge on any atom is 0.303 e. The van der Waals surface area contributed by atoms with E-state index in [2.05, 4.69) is 10.4 Å². The number of nitrogens with one attached hydrogen (secondary N) is 1. The van der Waals surface area contributed by atoms with Crippen LogP contribution in [0.4, 0.5) is 0 Å². The molecule has 1 aliphatic rings. The first-order valence-corrected chi connectivity index (χ1v) is 7.42. The van der Waals surface area contributed by atoms with Crippen molar-refractivity contribution in [1.82, 2.24) is 15.1 Å². The number of nitrogens with zero attached hydrogens (tertiary/aromatic N) is 2. The summed E-state index contributed by atoms with van der Waals surface area (Å²) in [5.74, 6) is -0.959. The van der Waals surface area contributed by atoms with E-state index in [1.54, 1.807) is 24.9 Å². The van der Waals surface area contributed by atoms with Gasteiger partial charge in [-0.2, -0.15) is 5.10 Å². The van der Waals surface area contributed by atoms with Gasteiger partial charge < -0.3 is 10.4 Å². The van der Waals surface area contributed by atoms with E-state index in [9.17, 15) is 9.59 Å². The summed E-state index contributed by atoms with van der Waals surface area (Å²) in [5.41, 5.74) is 0.945. The summed E-state index contributed by atoms with van der Waals surface area (Å²) in [6.45, 7) is 2.22. The predicted molar refractivity (Wildman–Crippen MR) is 78.0 cm³/mol. The van der Waals surface area contributed by atoms with Crippen molar-refractivity contribution in [2.45, 2.75) is 45.4 Å². The molecule has 21 heavy (non-hydrogen) atoms. The van der Waals surface area contributed by atoms with Gasteiger partial charge in [-0.25, -0.2) is 0 Å². The minimum absolute atomic E-state index is 0.124. The molecule has 1 amide bonds. The Balaban J connectivity index is 2.02. The van der Waals surface area contributed by atoms with Gasteiger partial charge in [-0.15, -0.1) is 0 Å². The third kappa shape index (κ3) is 3.83. The highest BCUT2D eigenvalue weighted by Crippen LogP contribution is 2.38. The molecule has 116 valence electrons. The molecule has 1 saturated carbocycles. The Hall–Kier alpha value is -1.85. The van der Waals surface area contributed by atoms with Crippen molar-refractivity contribution >= 4 is 11.9 Å². The van der Waals surface area contributed by atoms with E-state index in [0.717, 1.165) is 32.1 Å². The van der Waals surface area contributed by atoms with Gasteiger partial charge in [-0.3, -0.25) is 14.3 Å². The van der Waals surface area contributed by atoms with E-state index in [0.29, 0.717) is 17.8 Å². The quantitative estimate of drug-likeness (QED) is 0.868. The van der Waals surface area contributed by atoms with Crippen LogP contribution < -0.4 is 5.32 Å². The average molecular weight is 293 g/mol. The van der Waals surface area contributed by atoms with Crippen LogP contribution in [0, 0.1) is 12.3 Å². The molecule has 1 heterocycles. The van der Waals surface area contributed by atoms with E-state index in [-0.39, 0.29) is 17.7 Å². The van der Waals surface area contributed by atoms with E-state index in [1.807, 2.05) is 0 Å². The zero-order valence-electron chi connectivity index (χ0n) is 12.7.